The molecule has 0 bridgehead atoms. The molecule has 87 valence electrons. The van der Waals surface area contributed by atoms with E-state index in [1.54, 1.807) is 0 Å². The van der Waals surface area contributed by atoms with Gasteiger partial charge in [0.25, 0.3) is 0 Å². The molecule has 0 rings (SSSR count). The van der Waals surface area contributed by atoms with E-state index in [1.807, 2.05) is 0 Å². The van der Waals surface area contributed by atoms with Gasteiger partial charge in [-0.2, -0.15) is 0 Å². The predicted molar refractivity (Wildman–Crippen MR) is 64.3 cm³/mol. The van der Waals surface area contributed by atoms with E-state index in [9.17, 15) is 4.79 Å². The number of carboxylic acids is 1. The molecule has 0 aliphatic rings. The van der Waals surface area contributed by atoms with Gasteiger partial charge in [0, 0.05) is 35.6 Å². The van der Waals surface area contributed by atoms with Gasteiger partial charge in [-0.1, -0.05) is 18.6 Å². The van der Waals surface area contributed by atoms with Gasteiger partial charge in [-0.05, 0) is 19.4 Å². The van der Waals surface area contributed by atoms with E-state index in [-0.39, 0.29) is 39.9 Å². The zero-order valence-corrected chi connectivity index (χ0v) is 13.8. The standard InChI is InChI=1S/C6H14N2O2.CH3NS2.La/c7-4-2-1-3-5(8)6(9)10;2-1(3)4;/h5H,1-4,7-8H2,(H,9,10);(H3,2,3,4);. The molecule has 7 N–H and O–H groups in total. The Morgan fingerprint density at radius 3 is 2.13 bits per heavy atom. The van der Waals surface area contributed by atoms with Crippen LogP contribution in [0.5, 0.6) is 0 Å². The van der Waals surface area contributed by atoms with E-state index in [1.165, 1.54) is 0 Å². The molecule has 0 amide bonds. The summed E-state index contributed by atoms with van der Waals surface area (Å²) in [6, 6.07) is -0.716. The van der Waals surface area contributed by atoms with Crippen LogP contribution in [-0.4, -0.2) is 28.0 Å². The van der Waals surface area contributed by atoms with Crippen LogP contribution in [-0.2, 0) is 4.79 Å². The molecule has 0 spiro atoms. The number of unbranched alkanes of at least 4 members (excludes halogenated alkanes) is 1. The van der Waals surface area contributed by atoms with Gasteiger partial charge in [0.1, 0.15) is 10.4 Å². The Balaban J connectivity index is -0.000000249. The van der Waals surface area contributed by atoms with E-state index < -0.39 is 12.0 Å². The SMILES string of the molecule is NC(=S)S.NCCCCC(N)C(=O)O.[La]. The van der Waals surface area contributed by atoms with Crippen LogP contribution in [0.3, 0.4) is 0 Å². The van der Waals surface area contributed by atoms with Crippen molar-refractivity contribution in [2.75, 3.05) is 6.54 Å². The second-order valence-corrected chi connectivity index (χ2v) is 3.79. The molecule has 15 heavy (non-hydrogen) atoms. The first kappa shape index (κ1) is 21.1. The average Bonchev–Trinajstić information content (AvgIpc) is 2.03. The number of hydrogen-bond acceptors (Lipinski definition) is 4. The maximum absolute atomic E-state index is 10.1. The third-order valence-electron chi connectivity index (χ3n) is 1.29. The van der Waals surface area contributed by atoms with Gasteiger partial charge in [0.05, 0.1) is 0 Å². The Kier molecular flexibility index (Phi) is 20.9. The van der Waals surface area contributed by atoms with E-state index in [4.69, 9.17) is 22.3 Å². The molecule has 0 aromatic carbocycles. The quantitative estimate of drug-likeness (QED) is 0.255. The Labute approximate surface area is 129 Å². The molecule has 1 radical (unpaired) electrons. The van der Waals surface area contributed by atoms with Gasteiger partial charge in [-0.15, -0.1) is 12.6 Å². The third-order valence-corrected chi connectivity index (χ3v) is 1.29. The molecule has 1 atom stereocenters. The Bertz CT molecular complexity index is 180. The van der Waals surface area contributed by atoms with Crippen molar-refractivity contribution >= 4 is 35.1 Å². The van der Waals surface area contributed by atoms with Gasteiger partial charge in [0.2, 0.25) is 0 Å². The van der Waals surface area contributed by atoms with Crippen LogP contribution in [0.1, 0.15) is 19.3 Å². The van der Waals surface area contributed by atoms with Crippen LogP contribution in [0.2, 0.25) is 0 Å². The number of carbonyl (C=O) groups is 1. The number of hydrogen-bond donors (Lipinski definition) is 5. The summed E-state index contributed by atoms with van der Waals surface area (Å²) in [7, 11) is 0. The zero-order chi connectivity index (χ0) is 11.6. The first-order valence-electron chi connectivity index (χ1n) is 4.08. The van der Waals surface area contributed by atoms with Crippen molar-refractivity contribution in [2.24, 2.45) is 17.2 Å². The minimum atomic E-state index is -0.933. The van der Waals surface area contributed by atoms with Crippen molar-refractivity contribution in [3.8, 4) is 0 Å². The van der Waals surface area contributed by atoms with E-state index in [0.29, 0.717) is 13.0 Å². The van der Waals surface area contributed by atoms with Crippen molar-refractivity contribution in [1.29, 1.82) is 0 Å². The summed E-state index contributed by atoms with van der Waals surface area (Å²) in [6.45, 7) is 0.604. The number of thiol groups is 1. The fourth-order valence-electron chi connectivity index (χ4n) is 0.632. The van der Waals surface area contributed by atoms with Crippen LogP contribution in [0.25, 0.3) is 0 Å². The molecule has 0 aliphatic carbocycles. The fourth-order valence-corrected chi connectivity index (χ4v) is 0.632. The molecule has 5 nitrogen and oxygen atoms in total. The van der Waals surface area contributed by atoms with Crippen molar-refractivity contribution < 1.29 is 45.5 Å². The maximum atomic E-state index is 10.1. The molecule has 0 aromatic heterocycles. The second-order valence-electron chi connectivity index (χ2n) is 2.57. The summed E-state index contributed by atoms with van der Waals surface area (Å²) in [5, 5.41) is 8.33. The average molecular weight is 378 g/mol. The molecule has 0 aromatic rings. The van der Waals surface area contributed by atoms with Crippen LogP contribution >= 0.6 is 24.8 Å². The van der Waals surface area contributed by atoms with Gasteiger partial charge < -0.3 is 22.3 Å². The summed E-state index contributed by atoms with van der Waals surface area (Å²) in [4.78, 5) is 10.1. The van der Waals surface area contributed by atoms with Gasteiger partial charge >= 0.3 is 5.97 Å². The summed E-state index contributed by atoms with van der Waals surface area (Å²) < 4.78 is 0.194. The molecule has 0 saturated carbocycles. The summed E-state index contributed by atoms with van der Waals surface area (Å²) >= 11 is 7.65. The Morgan fingerprint density at radius 1 is 1.47 bits per heavy atom. The van der Waals surface area contributed by atoms with Crippen molar-refractivity contribution in [3.63, 3.8) is 0 Å². The van der Waals surface area contributed by atoms with Gasteiger partial charge in [0.15, 0.2) is 0 Å². The molecule has 0 heterocycles. The summed E-state index contributed by atoms with van der Waals surface area (Å²) in [6.07, 6.45) is 2.16. The fraction of sp³-hybridized carbons (Fsp3) is 0.714. The third kappa shape index (κ3) is 25.3. The van der Waals surface area contributed by atoms with Crippen molar-refractivity contribution in [1.82, 2.24) is 0 Å². The number of rotatable bonds is 5. The van der Waals surface area contributed by atoms with E-state index in [2.05, 4.69) is 24.8 Å². The first-order valence-corrected chi connectivity index (χ1v) is 4.94. The van der Waals surface area contributed by atoms with Crippen molar-refractivity contribution in [2.45, 2.75) is 25.3 Å². The monoisotopic (exact) mass is 378 g/mol. The number of thiocarbonyl (C=S) groups is 1. The topological polar surface area (TPSA) is 115 Å². The van der Waals surface area contributed by atoms with Crippen LogP contribution in [0.4, 0.5) is 0 Å². The molecule has 8 heteroatoms. The molecular formula is C7H17LaN3O2S2. The van der Waals surface area contributed by atoms with E-state index >= 15 is 0 Å². The second kappa shape index (κ2) is 14.8. The summed E-state index contributed by atoms with van der Waals surface area (Å²) in [5.41, 5.74) is 15.1. The number of carboxylic acid groups (broad SMARTS) is 1. The first-order chi connectivity index (χ1) is 6.41. The summed E-state index contributed by atoms with van der Waals surface area (Å²) in [5.74, 6) is -0.933. The Hall–Kier alpha value is 0.825. The molecular weight excluding hydrogens is 361 g/mol. The molecule has 1 unspecified atom stereocenters. The predicted octanol–water partition coefficient (Wildman–Crippen LogP) is -0.313. The van der Waals surface area contributed by atoms with Gasteiger partial charge in [-0.25, -0.2) is 0 Å². The molecule has 0 fully saturated rings. The zero-order valence-electron chi connectivity index (χ0n) is 8.43. The minimum Gasteiger partial charge on any atom is -0.480 e. The number of nitrogens with two attached hydrogens (primary N) is 3. The van der Waals surface area contributed by atoms with E-state index in [0.717, 1.165) is 12.8 Å². The number of aliphatic carboxylic acids is 1. The Morgan fingerprint density at radius 2 is 1.87 bits per heavy atom. The van der Waals surface area contributed by atoms with Gasteiger partial charge in [-0.3, -0.25) is 4.79 Å². The smallest absolute Gasteiger partial charge is 0.320 e. The van der Waals surface area contributed by atoms with Crippen LogP contribution in [0, 0.1) is 35.6 Å². The van der Waals surface area contributed by atoms with Crippen molar-refractivity contribution in [3.05, 3.63) is 0 Å². The largest absolute Gasteiger partial charge is 0.480 e. The normalized spacial score (nSPS) is 10.3. The minimum absolute atomic E-state index is 0. The van der Waals surface area contributed by atoms with Crippen LogP contribution in [0.15, 0.2) is 0 Å². The molecule has 0 aliphatic heterocycles. The maximum Gasteiger partial charge on any atom is 0.320 e. The van der Waals surface area contributed by atoms with Crippen LogP contribution < -0.4 is 17.2 Å². The molecule has 0 saturated heterocycles.